The Kier molecular flexibility index (Phi) is 2.73. The molecule has 2 rings (SSSR count). The molecule has 1 aromatic carbocycles. The van der Waals surface area contributed by atoms with E-state index in [1.165, 1.54) is 5.56 Å². The quantitative estimate of drug-likeness (QED) is 0.781. The molecule has 0 N–H and O–H groups in total. The molecule has 1 aromatic heterocycles. The second kappa shape index (κ2) is 4.03. The van der Waals surface area contributed by atoms with Crippen LogP contribution in [0.4, 0.5) is 0 Å². The third-order valence-electron chi connectivity index (χ3n) is 2.36. The fourth-order valence-corrected chi connectivity index (χ4v) is 1.80. The predicted octanol–water partition coefficient (Wildman–Crippen LogP) is 2.79. The van der Waals surface area contributed by atoms with Gasteiger partial charge in [-0.2, -0.15) is 0 Å². The molecule has 0 unspecified atom stereocenters. The molecule has 0 radical (unpaired) electrons. The van der Waals surface area contributed by atoms with Gasteiger partial charge in [-0.1, -0.05) is 19.1 Å². The average Bonchev–Trinajstić information content (AvgIpc) is 2.59. The third kappa shape index (κ3) is 1.88. The Morgan fingerprint density at radius 3 is 2.73 bits per heavy atom. The van der Waals surface area contributed by atoms with E-state index in [4.69, 9.17) is 11.6 Å². The normalized spacial score (nSPS) is 10.6. The highest BCUT2D eigenvalue weighted by atomic mass is 35.5. The van der Waals surface area contributed by atoms with E-state index in [0.717, 1.165) is 17.9 Å². The lowest BCUT2D eigenvalue weighted by Crippen LogP contribution is -1.97. The van der Waals surface area contributed by atoms with Gasteiger partial charge in [0.2, 0.25) is 5.28 Å². The summed E-state index contributed by atoms with van der Waals surface area (Å²) in [4.78, 5) is 0. The number of benzene rings is 1. The maximum Gasteiger partial charge on any atom is 0.229 e. The van der Waals surface area contributed by atoms with Crippen molar-refractivity contribution in [3.8, 4) is 5.69 Å². The molecule has 0 spiro atoms. The molecule has 0 fully saturated rings. The van der Waals surface area contributed by atoms with E-state index in [1.54, 1.807) is 0 Å². The molecule has 0 amide bonds. The molecule has 0 atom stereocenters. The Morgan fingerprint density at radius 2 is 2.13 bits per heavy atom. The lowest BCUT2D eigenvalue weighted by molar-refractivity contribution is 0.964. The Hall–Kier alpha value is -1.35. The molecule has 0 bridgehead atoms. The van der Waals surface area contributed by atoms with E-state index in [-0.39, 0.29) is 0 Å². The number of rotatable bonds is 2. The third-order valence-corrected chi connectivity index (χ3v) is 2.61. The zero-order valence-electron chi connectivity index (χ0n) is 8.74. The number of nitrogens with zero attached hydrogens (tertiary/aromatic N) is 3. The van der Waals surface area contributed by atoms with Gasteiger partial charge in [-0.3, -0.25) is 4.57 Å². The van der Waals surface area contributed by atoms with Crippen LogP contribution in [-0.2, 0) is 6.42 Å². The van der Waals surface area contributed by atoms with E-state index >= 15 is 0 Å². The van der Waals surface area contributed by atoms with Gasteiger partial charge < -0.3 is 0 Å². The van der Waals surface area contributed by atoms with Crippen molar-refractivity contribution in [3.63, 3.8) is 0 Å². The lowest BCUT2D eigenvalue weighted by atomic mass is 10.1. The zero-order chi connectivity index (χ0) is 10.8. The molecule has 3 nitrogen and oxygen atoms in total. The first-order valence-corrected chi connectivity index (χ1v) is 5.27. The first-order chi connectivity index (χ1) is 7.22. The van der Waals surface area contributed by atoms with E-state index in [9.17, 15) is 0 Å². The number of hydrogen-bond donors (Lipinski definition) is 0. The summed E-state index contributed by atoms with van der Waals surface area (Å²) in [6.07, 6.45) is 1.01. The van der Waals surface area contributed by atoms with Gasteiger partial charge in [0.1, 0.15) is 5.82 Å². The van der Waals surface area contributed by atoms with Crippen molar-refractivity contribution in [1.29, 1.82) is 0 Å². The summed E-state index contributed by atoms with van der Waals surface area (Å²) in [6, 6.07) is 8.21. The first kappa shape index (κ1) is 10.2. The standard InChI is InChI=1S/C11H12ClN3/c1-3-9-5-4-6-10(7-9)15-8(2)13-14-11(15)12/h4-7H,3H2,1-2H3. The molecular formula is C11H12ClN3. The van der Waals surface area contributed by atoms with Crippen LogP contribution in [0.5, 0.6) is 0 Å². The summed E-state index contributed by atoms with van der Waals surface area (Å²) < 4.78 is 1.83. The van der Waals surface area contributed by atoms with Crippen LogP contribution in [0.15, 0.2) is 24.3 Å². The Labute approximate surface area is 93.7 Å². The van der Waals surface area contributed by atoms with Crippen molar-refractivity contribution in [2.24, 2.45) is 0 Å². The molecule has 15 heavy (non-hydrogen) atoms. The van der Waals surface area contributed by atoms with Gasteiger partial charge in [0.25, 0.3) is 0 Å². The van der Waals surface area contributed by atoms with Gasteiger partial charge in [-0.05, 0) is 42.6 Å². The summed E-state index contributed by atoms with van der Waals surface area (Å²) in [5.41, 5.74) is 2.29. The van der Waals surface area contributed by atoms with Crippen LogP contribution in [-0.4, -0.2) is 14.8 Å². The molecule has 4 heteroatoms. The summed E-state index contributed by atoms with van der Waals surface area (Å²) in [5.74, 6) is 0.799. The topological polar surface area (TPSA) is 30.7 Å². The maximum atomic E-state index is 5.96. The average molecular weight is 222 g/mol. The summed E-state index contributed by atoms with van der Waals surface area (Å²) >= 11 is 5.96. The van der Waals surface area contributed by atoms with Crippen molar-refractivity contribution in [2.75, 3.05) is 0 Å². The minimum atomic E-state index is 0.403. The van der Waals surface area contributed by atoms with E-state index in [2.05, 4.69) is 29.3 Å². The smallest absolute Gasteiger partial charge is 0.229 e. The van der Waals surface area contributed by atoms with Crippen LogP contribution in [0.25, 0.3) is 5.69 Å². The van der Waals surface area contributed by atoms with Crippen molar-refractivity contribution in [3.05, 3.63) is 40.9 Å². The second-order valence-corrected chi connectivity index (χ2v) is 3.71. The second-order valence-electron chi connectivity index (χ2n) is 3.38. The highest BCUT2D eigenvalue weighted by molar-refractivity contribution is 6.28. The fourth-order valence-electron chi connectivity index (χ4n) is 1.55. The molecular weight excluding hydrogens is 210 g/mol. The fraction of sp³-hybridized carbons (Fsp3) is 0.273. The van der Waals surface area contributed by atoms with Gasteiger partial charge in [0.05, 0.1) is 5.69 Å². The molecule has 78 valence electrons. The highest BCUT2D eigenvalue weighted by Crippen LogP contribution is 2.17. The monoisotopic (exact) mass is 221 g/mol. The molecule has 0 aliphatic heterocycles. The summed E-state index contributed by atoms with van der Waals surface area (Å²) in [6.45, 7) is 4.01. The summed E-state index contributed by atoms with van der Waals surface area (Å²) in [7, 11) is 0. The van der Waals surface area contributed by atoms with E-state index < -0.39 is 0 Å². The molecule has 0 aliphatic carbocycles. The van der Waals surface area contributed by atoms with Crippen molar-refractivity contribution in [1.82, 2.24) is 14.8 Å². The molecule has 0 saturated carbocycles. The SMILES string of the molecule is CCc1cccc(-n2c(C)nnc2Cl)c1. The van der Waals surface area contributed by atoms with Crippen LogP contribution in [0.2, 0.25) is 5.28 Å². The minimum absolute atomic E-state index is 0.403. The van der Waals surface area contributed by atoms with Crippen LogP contribution in [0.3, 0.4) is 0 Å². The predicted molar refractivity (Wildman–Crippen MR) is 60.5 cm³/mol. The summed E-state index contributed by atoms with van der Waals surface area (Å²) in [5, 5.41) is 8.16. The van der Waals surface area contributed by atoms with E-state index in [0.29, 0.717) is 5.28 Å². The zero-order valence-corrected chi connectivity index (χ0v) is 9.49. The number of aryl methyl sites for hydroxylation is 2. The number of halogens is 1. The van der Waals surface area contributed by atoms with Crippen LogP contribution < -0.4 is 0 Å². The van der Waals surface area contributed by atoms with Crippen LogP contribution in [0, 0.1) is 6.92 Å². The number of hydrogen-bond acceptors (Lipinski definition) is 2. The lowest BCUT2D eigenvalue weighted by Gasteiger charge is -2.06. The van der Waals surface area contributed by atoms with Gasteiger partial charge in [-0.15, -0.1) is 10.2 Å². The molecule has 2 aromatic rings. The van der Waals surface area contributed by atoms with Crippen LogP contribution >= 0.6 is 11.6 Å². The largest absolute Gasteiger partial charge is 0.270 e. The Balaban J connectivity index is 2.53. The van der Waals surface area contributed by atoms with Gasteiger partial charge in [0.15, 0.2) is 0 Å². The Morgan fingerprint density at radius 1 is 1.33 bits per heavy atom. The minimum Gasteiger partial charge on any atom is -0.270 e. The van der Waals surface area contributed by atoms with Gasteiger partial charge >= 0.3 is 0 Å². The van der Waals surface area contributed by atoms with Gasteiger partial charge in [-0.25, -0.2) is 0 Å². The molecule has 0 saturated heterocycles. The Bertz CT molecular complexity index is 457. The van der Waals surface area contributed by atoms with Crippen molar-refractivity contribution >= 4 is 11.6 Å². The highest BCUT2D eigenvalue weighted by Gasteiger charge is 2.07. The van der Waals surface area contributed by atoms with Crippen molar-refractivity contribution in [2.45, 2.75) is 20.3 Å². The van der Waals surface area contributed by atoms with E-state index in [1.807, 2.05) is 23.6 Å². The van der Waals surface area contributed by atoms with Crippen LogP contribution in [0.1, 0.15) is 18.3 Å². The maximum absolute atomic E-state index is 5.96. The molecule has 0 aliphatic rings. The van der Waals surface area contributed by atoms with Gasteiger partial charge in [0, 0.05) is 0 Å². The molecule has 1 heterocycles. The first-order valence-electron chi connectivity index (χ1n) is 4.89. The number of aromatic nitrogens is 3. The van der Waals surface area contributed by atoms with Crippen molar-refractivity contribution < 1.29 is 0 Å².